The number of quaternary nitrogens is 2. The summed E-state index contributed by atoms with van der Waals surface area (Å²) in [5.74, 6) is 1.65. The summed E-state index contributed by atoms with van der Waals surface area (Å²) in [4.78, 5) is 3.45. The molecule has 1 aromatic rings. The molecule has 1 aliphatic rings. The summed E-state index contributed by atoms with van der Waals surface area (Å²) in [5.41, 5.74) is 1.41. The number of likely N-dealkylation sites (N-methyl/N-ethyl adjacent to an activating group) is 1. The zero-order valence-corrected chi connectivity index (χ0v) is 14.0. The molecule has 3 nitrogen and oxygen atoms in total. The lowest BCUT2D eigenvalue weighted by atomic mass is 9.99. The lowest BCUT2D eigenvalue weighted by Crippen LogP contribution is -3.28. The van der Waals surface area contributed by atoms with Crippen LogP contribution in [0.5, 0.6) is 5.75 Å². The first-order chi connectivity index (χ1) is 10.2. The van der Waals surface area contributed by atoms with Crippen molar-refractivity contribution in [1.82, 2.24) is 0 Å². The van der Waals surface area contributed by atoms with Crippen LogP contribution in [-0.4, -0.2) is 45.9 Å². The van der Waals surface area contributed by atoms with Crippen molar-refractivity contribution in [3.05, 3.63) is 29.8 Å². The van der Waals surface area contributed by atoms with Gasteiger partial charge in [0.1, 0.15) is 45.1 Å². The Kier molecular flexibility index (Phi) is 6.52. The first kappa shape index (κ1) is 16.3. The zero-order chi connectivity index (χ0) is 15.1. The fourth-order valence-electron chi connectivity index (χ4n) is 3.00. The van der Waals surface area contributed by atoms with E-state index >= 15 is 0 Å². The van der Waals surface area contributed by atoms with Crippen molar-refractivity contribution >= 4 is 0 Å². The van der Waals surface area contributed by atoms with Crippen molar-refractivity contribution < 1.29 is 14.5 Å². The van der Waals surface area contributed by atoms with Crippen LogP contribution in [0.15, 0.2) is 24.3 Å². The summed E-state index contributed by atoms with van der Waals surface area (Å²) >= 11 is 0. The van der Waals surface area contributed by atoms with E-state index in [4.69, 9.17) is 4.74 Å². The van der Waals surface area contributed by atoms with E-state index < -0.39 is 0 Å². The Morgan fingerprint density at radius 1 is 1.00 bits per heavy atom. The van der Waals surface area contributed by atoms with E-state index in [1.807, 2.05) is 0 Å². The van der Waals surface area contributed by atoms with Gasteiger partial charge in [-0.1, -0.05) is 26.0 Å². The summed E-state index contributed by atoms with van der Waals surface area (Å²) in [6, 6.07) is 8.66. The Morgan fingerprint density at radius 3 is 2.19 bits per heavy atom. The number of hydrogen-bond donors (Lipinski definition) is 2. The van der Waals surface area contributed by atoms with Crippen LogP contribution in [0.2, 0.25) is 0 Å². The van der Waals surface area contributed by atoms with Crippen LogP contribution in [0.25, 0.3) is 0 Å². The molecule has 118 valence electrons. The van der Waals surface area contributed by atoms with Crippen molar-refractivity contribution in [1.29, 1.82) is 0 Å². The highest BCUT2D eigenvalue weighted by Gasteiger charge is 2.20. The van der Waals surface area contributed by atoms with Gasteiger partial charge in [0.05, 0.1) is 6.54 Å². The molecule has 0 aliphatic carbocycles. The first-order valence-electron chi connectivity index (χ1n) is 8.62. The van der Waals surface area contributed by atoms with E-state index in [1.165, 1.54) is 44.7 Å². The third kappa shape index (κ3) is 5.01. The molecule has 1 aliphatic heterocycles. The minimum absolute atomic E-state index is 0.640. The van der Waals surface area contributed by atoms with Crippen molar-refractivity contribution in [3.8, 4) is 5.75 Å². The SMILES string of the molecule is CC[C@H](C)c1ccc(OCC[NH+]2CC[NH+](CC)CC2)cc1. The van der Waals surface area contributed by atoms with Gasteiger partial charge in [-0.05, 0) is 37.0 Å². The van der Waals surface area contributed by atoms with Crippen LogP contribution < -0.4 is 14.5 Å². The Morgan fingerprint density at radius 2 is 1.62 bits per heavy atom. The predicted octanol–water partition coefficient (Wildman–Crippen LogP) is 0.382. The average molecular weight is 292 g/mol. The van der Waals surface area contributed by atoms with Crippen LogP contribution in [0.1, 0.15) is 38.7 Å². The number of benzene rings is 1. The van der Waals surface area contributed by atoms with Gasteiger partial charge in [-0.15, -0.1) is 0 Å². The molecule has 0 aromatic heterocycles. The van der Waals surface area contributed by atoms with Gasteiger partial charge in [0.25, 0.3) is 0 Å². The third-order valence-corrected chi connectivity index (χ3v) is 4.95. The first-order valence-corrected chi connectivity index (χ1v) is 8.62. The second-order valence-electron chi connectivity index (χ2n) is 6.33. The third-order valence-electron chi connectivity index (χ3n) is 4.95. The summed E-state index contributed by atoms with van der Waals surface area (Å²) in [5, 5.41) is 0. The second kappa shape index (κ2) is 8.40. The molecule has 0 bridgehead atoms. The lowest BCUT2D eigenvalue weighted by molar-refractivity contribution is -1.01. The maximum absolute atomic E-state index is 5.90. The highest BCUT2D eigenvalue weighted by atomic mass is 16.5. The quantitative estimate of drug-likeness (QED) is 0.744. The molecule has 1 heterocycles. The molecule has 1 fully saturated rings. The standard InChI is InChI=1S/C18H30N2O/c1-4-16(3)17-6-8-18(9-7-17)21-15-14-20-12-10-19(5-2)11-13-20/h6-9,16H,4-5,10-15H2,1-3H3/p+2/t16-/m0/s1. The average Bonchev–Trinajstić information content (AvgIpc) is 2.55. The van der Waals surface area contributed by atoms with E-state index in [0.717, 1.165) is 18.9 Å². The normalized spacial score (nSPS) is 23.8. The Hall–Kier alpha value is -1.06. The van der Waals surface area contributed by atoms with Gasteiger partial charge >= 0.3 is 0 Å². The largest absolute Gasteiger partial charge is 0.488 e. The second-order valence-corrected chi connectivity index (χ2v) is 6.33. The van der Waals surface area contributed by atoms with Gasteiger partial charge in [-0.3, -0.25) is 0 Å². The van der Waals surface area contributed by atoms with Crippen molar-refractivity contribution in [2.24, 2.45) is 0 Å². The number of ether oxygens (including phenoxy) is 1. The predicted molar refractivity (Wildman–Crippen MR) is 87.4 cm³/mol. The molecule has 0 amide bonds. The van der Waals surface area contributed by atoms with Gasteiger partial charge in [0.15, 0.2) is 0 Å². The minimum atomic E-state index is 0.640. The molecule has 0 radical (unpaired) electrons. The number of rotatable bonds is 7. The van der Waals surface area contributed by atoms with Crippen molar-refractivity contribution in [2.75, 3.05) is 45.9 Å². The van der Waals surface area contributed by atoms with Crippen LogP contribution in [-0.2, 0) is 0 Å². The molecule has 0 saturated carbocycles. The van der Waals surface area contributed by atoms with Crippen LogP contribution in [0, 0.1) is 0 Å². The monoisotopic (exact) mass is 292 g/mol. The van der Waals surface area contributed by atoms with Crippen molar-refractivity contribution in [2.45, 2.75) is 33.1 Å². The Balaban J connectivity index is 1.69. The van der Waals surface area contributed by atoms with E-state index in [0.29, 0.717) is 5.92 Å². The van der Waals surface area contributed by atoms with Gasteiger partial charge < -0.3 is 14.5 Å². The lowest BCUT2D eigenvalue weighted by Gasteiger charge is -2.28. The summed E-state index contributed by atoms with van der Waals surface area (Å²) < 4.78 is 5.90. The van der Waals surface area contributed by atoms with E-state index in [2.05, 4.69) is 45.0 Å². The highest BCUT2D eigenvalue weighted by Crippen LogP contribution is 2.21. The fourth-order valence-corrected chi connectivity index (χ4v) is 3.00. The van der Waals surface area contributed by atoms with E-state index in [1.54, 1.807) is 9.80 Å². The Labute approximate surface area is 129 Å². The molecule has 21 heavy (non-hydrogen) atoms. The molecular weight excluding hydrogens is 260 g/mol. The molecule has 1 atom stereocenters. The fraction of sp³-hybridized carbons (Fsp3) is 0.667. The van der Waals surface area contributed by atoms with Gasteiger partial charge in [-0.25, -0.2) is 0 Å². The maximum Gasteiger partial charge on any atom is 0.137 e. The van der Waals surface area contributed by atoms with E-state index in [-0.39, 0.29) is 0 Å². The van der Waals surface area contributed by atoms with Crippen LogP contribution >= 0.6 is 0 Å². The zero-order valence-electron chi connectivity index (χ0n) is 14.0. The Bertz CT molecular complexity index is 396. The van der Waals surface area contributed by atoms with E-state index in [9.17, 15) is 0 Å². The van der Waals surface area contributed by atoms with Crippen molar-refractivity contribution in [3.63, 3.8) is 0 Å². The summed E-state index contributed by atoms with van der Waals surface area (Å²) in [7, 11) is 0. The topological polar surface area (TPSA) is 18.1 Å². The maximum atomic E-state index is 5.90. The molecule has 2 N–H and O–H groups in total. The smallest absolute Gasteiger partial charge is 0.137 e. The molecular formula is C18H32N2O+2. The molecule has 3 heteroatoms. The number of piperazine rings is 1. The highest BCUT2D eigenvalue weighted by molar-refractivity contribution is 5.29. The summed E-state index contributed by atoms with van der Waals surface area (Å²) in [6.45, 7) is 15.2. The minimum Gasteiger partial charge on any atom is -0.488 e. The molecule has 0 spiro atoms. The molecule has 1 aromatic carbocycles. The van der Waals surface area contributed by atoms with Gasteiger partial charge in [0.2, 0.25) is 0 Å². The number of hydrogen-bond acceptors (Lipinski definition) is 1. The summed E-state index contributed by atoms with van der Waals surface area (Å²) in [6.07, 6.45) is 1.19. The van der Waals surface area contributed by atoms with Gasteiger partial charge in [0, 0.05) is 0 Å². The van der Waals surface area contributed by atoms with Gasteiger partial charge in [-0.2, -0.15) is 0 Å². The van der Waals surface area contributed by atoms with Crippen LogP contribution in [0.4, 0.5) is 0 Å². The molecule has 0 unspecified atom stereocenters. The molecule has 1 saturated heterocycles. The molecule has 2 rings (SSSR count). The van der Waals surface area contributed by atoms with Crippen LogP contribution in [0.3, 0.4) is 0 Å². The number of nitrogens with one attached hydrogen (secondary N) is 2.